The number of nitrogens with zero attached hydrogens (tertiary/aromatic N) is 2. The average molecular weight is 221 g/mol. The van der Waals surface area contributed by atoms with Crippen LogP contribution in [0.4, 0.5) is 0 Å². The lowest BCUT2D eigenvalue weighted by Crippen LogP contribution is -2.27. The molecule has 3 rings (SSSR count). The van der Waals surface area contributed by atoms with E-state index in [0.29, 0.717) is 17.9 Å². The molecule has 1 aromatic heterocycles. The third-order valence-electron chi connectivity index (χ3n) is 3.99. The van der Waals surface area contributed by atoms with Crippen LogP contribution in [0.15, 0.2) is 4.52 Å². The zero-order valence-electron chi connectivity index (χ0n) is 9.56. The van der Waals surface area contributed by atoms with Crippen LogP contribution in [0.3, 0.4) is 0 Å². The third kappa shape index (κ3) is 1.86. The van der Waals surface area contributed by atoms with Crippen molar-refractivity contribution in [2.45, 2.75) is 62.8 Å². The highest BCUT2D eigenvalue weighted by Gasteiger charge is 2.29. The number of hydrogen-bond donors (Lipinski definition) is 1. The van der Waals surface area contributed by atoms with E-state index in [1.54, 1.807) is 0 Å². The Morgan fingerprint density at radius 1 is 1.06 bits per heavy atom. The first kappa shape index (κ1) is 10.3. The number of aromatic nitrogens is 2. The van der Waals surface area contributed by atoms with E-state index >= 15 is 0 Å². The van der Waals surface area contributed by atoms with Gasteiger partial charge in [0, 0.05) is 17.9 Å². The van der Waals surface area contributed by atoms with Gasteiger partial charge in [-0.25, -0.2) is 0 Å². The van der Waals surface area contributed by atoms with Gasteiger partial charge in [0.15, 0.2) is 5.82 Å². The molecule has 2 atom stereocenters. The molecule has 16 heavy (non-hydrogen) atoms. The molecule has 88 valence electrons. The maximum atomic E-state index is 5.98. The maximum absolute atomic E-state index is 5.98. The fourth-order valence-corrected chi connectivity index (χ4v) is 2.70. The quantitative estimate of drug-likeness (QED) is 0.832. The van der Waals surface area contributed by atoms with Gasteiger partial charge in [-0.3, -0.25) is 0 Å². The highest BCUT2D eigenvalue weighted by molar-refractivity contribution is 5.03. The summed E-state index contributed by atoms with van der Waals surface area (Å²) < 4.78 is 5.39. The van der Waals surface area contributed by atoms with Gasteiger partial charge in [0.1, 0.15) is 0 Å². The van der Waals surface area contributed by atoms with E-state index in [0.717, 1.165) is 31.0 Å². The average Bonchev–Trinajstić information content (AvgIpc) is 2.64. The summed E-state index contributed by atoms with van der Waals surface area (Å²) >= 11 is 0. The maximum Gasteiger partial charge on any atom is 0.229 e. The van der Waals surface area contributed by atoms with Crippen LogP contribution >= 0.6 is 0 Å². The molecule has 0 amide bonds. The van der Waals surface area contributed by atoms with Crippen LogP contribution in [0.25, 0.3) is 0 Å². The van der Waals surface area contributed by atoms with E-state index in [9.17, 15) is 0 Å². The summed E-state index contributed by atoms with van der Waals surface area (Å²) in [5, 5.41) is 4.11. The molecule has 2 saturated carbocycles. The van der Waals surface area contributed by atoms with Crippen molar-refractivity contribution in [3.63, 3.8) is 0 Å². The van der Waals surface area contributed by atoms with Gasteiger partial charge in [-0.15, -0.1) is 0 Å². The Morgan fingerprint density at radius 2 is 1.81 bits per heavy atom. The van der Waals surface area contributed by atoms with Gasteiger partial charge in [0.05, 0.1) is 0 Å². The van der Waals surface area contributed by atoms with E-state index in [1.807, 2.05) is 0 Å². The van der Waals surface area contributed by atoms with Crippen molar-refractivity contribution in [1.29, 1.82) is 0 Å². The summed E-state index contributed by atoms with van der Waals surface area (Å²) in [6.07, 6.45) is 8.24. The molecule has 1 heterocycles. The Hall–Kier alpha value is -0.900. The second kappa shape index (κ2) is 4.17. The minimum Gasteiger partial charge on any atom is -0.339 e. The van der Waals surface area contributed by atoms with E-state index in [2.05, 4.69) is 10.1 Å². The fraction of sp³-hybridized carbons (Fsp3) is 0.833. The van der Waals surface area contributed by atoms with Gasteiger partial charge in [-0.2, -0.15) is 4.98 Å². The SMILES string of the molecule is NC1CCCC(c2nc(C3CCC3)no2)C1. The van der Waals surface area contributed by atoms with E-state index in [4.69, 9.17) is 10.3 Å². The molecule has 0 aromatic carbocycles. The number of nitrogens with two attached hydrogens (primary N) is 1. The first-order valence-electron chi connectivity index (χ1n) is 6.42. The lowest BCUT2D eigenvalue weighted by atomic mass is 9.84. The summed E-state index contributed by atoms with van der Waals surface area (Å²) in [5.74, 6) is 2.73. The van der Waals surface area contributed by atoms with Gasteiger partial charge in [-0.1, -0.05) is 18.0 Å². The number of rotatable bonds is 2. The van der Waals surface area contributed by atoms with Crippen molar-refractivity contribution in [3.8, 4) is 0 Å². The van der Waals surface area contributed by atoms with Crippen LogP contribution in [0.2, 0.25) is 0 Å². The van der Waals surface area contributed by atoms with Crippen molar-refractivity contribution >= 4 is 0 Å². The molecule has 2 N–H and O–H groups in total. The Morgan fingerprint density at radius 3 is 2.50 bits per heavy atom. The second-order valence-corrected chi connectivity index (χ2v) is 5.24. The predicted molar refractivity (Wildman–Crippen MR) is 60.1 cm³/mol. The molecule has 2 fully saturated rings. The van der Waals surface area contributed by atoms with Gasteiger partial charge in [0.25, 0.3) is 0 Å². The van der Waals surface area contributed by atoms with Crippen LogP contribution < -0.4 is 5.73 Å². The molecule has 0 radical (unpaired) electrons. The van der Waals surface area contributed by atoms with E-state index in [1.165, 1.54) is 25.7 Å². The summed E-state index contributed by atoms with van der Waals surface area (Å²) in [6, 6.07) is 0.317. The monoisotopic (exact) mass is 221 g/mol. The Kier molecular flexibility index (Phi) is 2.67. The molecule has 0 aliphatic heterocycles. The molecule has 2 unspecified atom stereocenters. The lowest BCUT2D eigenvalue weighted by Gasteiger charge is -2.23. The number of hydrogen-bond acceptors (Lipinski definition) is 4. The van der Waals surface area contributed by atoms with Crippen LogP contribution in [0.5, 0.6) is 0 Å². The summed E-state index contributed by atoms with van der Waals surface area (Å²) in [4.78, 5) is 4.56. The first-order valence-corrected chi connectivity index (χ1v) is 6.42. The molecule has 1 aromatic rings. The summed E-state index contributed by atoms with van der Waals surface area (Å²) in [7, 11) is 0. The van der Waals surface area contributed by atoms with Crippen LogP contribution in [-0.4, -0.2) is 16.2 Å². The zero-order valence-corrected chi connectivity index (χ0v) is 9.56. The van der Waals surface area contributed by atoms with Gasteiger partial charge in [0.2, 0.25) is 5.89 Å². The lowest BCUT2D eigenvalue weighted by molar-refractivity contribution is 0.293. The van der Waals surface area contributed by atoms with Crippen LogP contribution in [0.1, 0.15) is 68.5 Å². The standard InChI is InChI=1S/C12H19N3O/c13-10-6-2-5-9(7-10)12-14-11(15-16-12)8-3-1-4-8/h8-10H,1-7,13H2. The third-order valence-corrected chi connectivity index (χ3v) is 3.99. The Balaban J connectivity index is 1.70. The normalized spacial score (nSPS) is 31.3. The molecule has 4 nitrogen and oxygen atoms in total. The molecule has 0 spiro atoms. The minimum absolute atomic E-state index is 0.317. The van der Waals surface area contributed by atoms with Gasteiger partial charge >= 0.3 is 0 Å². The first-order chi connectivity index (χ1) is 7.83. The smallest absolute Gasteiger partial charge is 0.229 e. The van der Waals surface area contributed by atoms with E-state index < -0.39 is 0 Å². The predicted octanol–water partition coefficient (Wildman–Crippen LogP) is 2.32. The summed E-state index contributed by atoms with van der Waals surface area (Å²) in [5.41, 5.74) is 5.98. The van der Waals surface area contributed by atoms with Crippen LogP contribution in [0, 0.1) is 0 Å². The zero-order chi connectivity index (χ0) is 11.0. The molecule has 0 bridgehead atoms. The molecule has 2 aliphatic rings. The van der Waals surface area contributed by atoms with Crippen molar-refractivity contribution in [2.75, 3.05) is 0 Å². The highest BCUT2D eigenvalue weighted by atomic mass is 16.5. The van der Waals surface area contributed by atoms with E-state index in [-0.39, 0.29) is 0 Å². The van der Waals surface area contributed by atoms with Crippen LogP contribution in [-0.2, 0) is 0 Å². The van der Waals surface area contributed by atoms with Crippen molar-refractivity contribution in [3.05, 3.63) is 11.7 Å². The van der Waals surface area contributed by atoms with Crippen molar-refractivity contribution in [2.24, 2.45) is 5.73 Å². The molecule has 0 saturated heterocycles. The van der Waals surface area contributed by atoms with Gasteiger partial charge < -0.3 is 10.3 Å². The molecule has 2 aliphatic carbocycles. The fourth-order valence-electron chi connectivity index (χ4n) is 2.70. The largest absolute Gasteiger partial charge is 0.339 e. The highest BCUT2D eigenvalue weighted by Crippen LogP contribution is 2.36. The van der Waals surface area contributed by atoms with Crippen molar-refractivity contribution in [1.82, 2.24) is 10.1 Å². The molecule has 4 heteroatoms. The second-order valence-electron chi connectivity index (χ2n) is 5.24. The summed E-state index contributed by atoms with van der Waals surface area (Å²) in [6.45, 7) is 0. The molecular weight excluding hydrogens is 202 g/mol. The van der Waals surface area contributed by atoms with Crippen molar-refractivity contribution < 1.29 is 4.52 Å². The topological polar surface area (TPSA) is 64.9 Å². The molecular formula is C12H19N3O. The van der Waals surface area contributed by atoms with Gasteiger partial charge in [-0.05, 0) is 32.1 Å². The minimum atomic E-state index is 0.317. The Bertz CT molecular complexity index is 359. The Labute approximate surface area is 95.6 Å².